The second kappa shape index (κ2) is 7.48. The van der Waals surface area contributed by atoms with Gasteiger partial charge in [-0.1, -0.05) is 18.2 Å². The molecule has 6 heteroatoms. The van der Waals surface area contributed by atoms with Gasteiger partial charge >= 0.3 is 0 Å². The summed E-state index contributed by atoms with van der Waals surface area (Å²) in [5, 5.41) is 3.01. The van der Waals surface area contributed by atoms with E-state index < -0.39 is 0 Å². The summed E-state index contributed by atoms with van der Waals surface area (Å²) in [6, 6.07) is 13.9. The van der Waals surface area contributed by atoms with Crippen molar-refractivity contribution >= 4 is 17.3 Å². The van der Waals surface area contributed by atoms with Crippen LogP contribution in [-0.4, -0.2) is 44.9 Å². The standard InChI is InChI=1S/C21H25N3O3/c1-15-5-3-4-6-18(15)24-11-9-23(10-12-24)16(2)21(25)22-17-7-8-19-20(13-17)27-14-26-19/h3-8,13,16H,9-12,14H2,1-2H3,(H,22,25)/p+1/t16-/m1/s1. The number of hydrogen-bond donors (Lipinski definition) is 2. The Hall–Kier alpha value is -2.73. The van der Waals surface area contributed by atoms with Gasteiger partial charge in [0.05, 0.1) is 26.2 Å². The molecule has 0 spiro atoms. The number of amides is 1. The Kier molecular flexibility index (Phi) is 4.90. The van der Waals surface area contributed by atoms with Gasteiger partial charge in [0.2, 0.25) is 6.79 Å². The lowest BCUT2D eigenvalue weighted by atomic mass is 10.1. The molecule has 0 unspecified atom stereocenters. The molecule has 2 aromatic rings. The third kappa shape index (κ3) is 3.71. The van der Waals surface area contributed by atoms with Gasteiger partial charge in [-0.2, -0.15) is 0 Å². The van der Waals surface area contributed by atoms with E-state index in [1.54, 1.807) is 0 Å². The normalized spacial score (nSPS) is 17.6. The average molecular weight is 368 g/mol. The first-order valence-electron chi connectivity index (χ1n) is 9.47. The second-order valence-corrected chi connectivity index (χ2v) is 7.21. The molecule has 0 radical (unpaired) electrons. The monoisotopic (exact) mass is 368 g/mol. The van der Waals surface area contributed by atoms with Crippen molar-refractivity contribution in [3.05, 3.63) is 48.0 Å². The number of nitrogens with zero attached hydrogens (tertiary/aromatic N) is 1. The number of anilines is 2. The Morgan fingerprint density at radius 3 is 2.63 bits per heavy atom. The molecule has 27 heavy (non-hydrogen) atoms. The predicted molar refractivity (Wildman–Crippen MR) is 105 cm³/mol. The van der Waals surface area contributed by atoms with Crippen molar-refractivity contribution in [1.82, 2.24) is 0 Å². The Bertz CT molecular complexity index is 831. The number of carbonyl (C=O) groups excluding carboxylic acids is 1. The van der Waals surface area contributed by atoms with Gasteiger partial charge in [0.1, 0.15) is 0 Å². The third-order valence-electron chi connectivity index (χ3n) is 5.51. The molecule has 0 saturated carbocycles. The number of nitrogens with one attached hydrogen (secondary N) is 2. The van der Waals surface area contributed by atoms with Crippen molar-refractivity contribution in [3.63, 3.8) is 0 Å². The van der Waals surface area contributed by atoms with E-state index in [-0.39, 0.29) is 18.7 Å². The van der Waals surface area contributed by atoms with Crippen molar-refractivity contribution < 1.29 is 19.2 Å². The highest BCUT2D eigenvalue weighted by atomic mass is 16.7. The van der Waals surface area contributed by atoms with Crippen molar-refractivity contribution in [1.29, 1.82) is 0 Å². The fraction of sp³-hybridized carbons (Fsp3) is 0.381. The number of para-hydroxylation sites is 1. The molecule has 2 aliphatic rings. The van der Waals surface area contributed by atoms with E-state index in [9.17, 15) is 4.79 Å². The summed E-state index contributed by atoms with van der Waals surface area (Å²) in [5.74, 6) is 1.44. The first-order valence-corrected chi connectivity index (χ1v) is 9.47. The lowest BCUT2D eigenvalue weighted by molar-refractivity contribution is -0.914. The van der Waals surface area contributed by atoms with Crippen molar-refractivity contribution in [2.75, 3.05) is 43.2 Å². The molecule has 0 bridgehead atoms. The van der Waals surface area contributed by atoms with Crippen LogP contribution in [-0.2, 0) is 4.79 Å². The number of ether oxygens (including phenoxy) is 2. The SMILES string of the molecule is Cc1ccccc1N1CC[NH+]([C@H](C)C(=O)Nc2ccc3c(c2)OCO3)CC1. The number of carbonyl (C=O) groups is 1. The van der Waals surface area contributed by atoms with E-state index in [0.717, 1.165) is 37.6 Å². The van der Waals surface area contributed by atoms with E-state index in [2.05, 4.69) is 41.4 Å². The summed E-state index contributed by atoms with van der Waals surface area (Å²) in [6.07, 6.45) is 0. The summed E-state index contributed by atoms with van der Waals surface area (Å²) < 4.78 is 10.7. The van der Waals surface area contributed by atoms with Gasteiger partial charge < -0.3 is 24.6 Å². The van der Waals surface area contributed by atoms with Crippen LogP contribution < -0.4 is 24.6 Å². The molecule has 0 aliphatic carbocycles. The van der Waals surface area contributed by atoms with Gasteiger partial charge in [-0.15, -0.1) is 0 Å². The maximum atomic E-state index is 12.7. The second-order valence-electron chi connectivity index (χ2n) is 7.21. The molecule has 0 aromatic heterocycles. The van der Waals surface area contributed by atoms with Crippen LogP contribution in [0.1, 0.15) is 12.5 Å². The van der Waals surface area contributed by atoms with E-state index in [0.29, 0.717) is 5.75 Å². The molecular formula is C21H26N3O3+. The van der Waals surface area contributed by atoms with E-state index >= 15 is 0 Å². The van der Waals surface area contributed by atoms with Crippen LogP contribution in [0.5, 0.6) is 11.5 Å². The molecule has 142 valence electrons. The molecule has 1 fully saturated rings. The van der Waals surface area contributed by atoms with Crippen LogP contribution in [0.25, 0.3) is 0 Å². The van der Waals surface area contributed by atoms with Gasteiger partial charge in [0.25, 0.3) is 5.91 Å². The molecule has 4 rings (SSSR count). The predicted octanol–water partition coefficient (Wildman–Crippen LogP) is 1.46. The van der Waals surface area contributed by atoms with Gasteiger partial charge in [-0.3, -0.25) is 4.79 Å². The zero-order valence-corrected chi connectivity index (χ0v) is 15.8. The maximum absolute atomic E-state index is 12.7. The largest absolute Gasteiger partial charge is 0.454 e. The zero-order valence-electron chi connectivity index (χ0n) is 15.8. The highest BCUT2D eigenvalue weighted by Crippen LogP contribution is 2.34. The van der Waals surface area contributed by atoms with Crippen LogP contribution in [0.3, 0.4) is 0 Å². The number of rotatable bonds is 4. The number of piperazine rings is 1. The van der Waals surface area contributed by atoms with Crippen LogP contribution in [0.2, 0.25) is 0 Å². The van der Waals surface area contributed by atoms with Crippen LogP contribution in [0.15, 0.2) is 42.5 Å². The van der Waals surface area contributed by atoms with Crippen LogP contribution in [0, 0.1) is 6.92 Å². The molecule has 6 nitrogen and oxygen atoms in total. The first-order chi connectivity index (χ1) is 13.1. The number of aryl methyl sites for hydroxylation is 1. The van der Waals surface area contributed by atoms with Crippen LogP contribution in [0.4, 0.5) is 11.4 Å². The minimum Gasteiger partial charge on any atom is -0.454 e. The molecule has 2 N–H and O–H groups in total. The van der Waals surface area contributed by atoms with Gasteiger partial charge in [-0.05, 0) is 37.6 Å². The van der Waals surface area contributed by atoms with Crippen LogP contribution >= 0.6 is 0 Å². The highest BCUT2D eigenvalue weighted by Gasteiger charge is 2.29. The minimum absolute atomic E-state index is 0.0354. The summed E-state index contributed by atoms with van der Waals surface area (Å²) in [7, 11) is 0. The minimum atomic E-state index is -0.102. The van der Waals surface area contributed by atoms with E-state index in [1.807, 2.05) is 25.1 Å². The Labute approximate surface area is 159 Å². The topological polar surface area (TPSA) is 55.2 Å². The summed E-state index contributed by atoms with van der Waals surface area (Å²) in [5.41, 5.74) is 3.35. The third-order valence-corrected chi connectivity index (χ3v) is 5.51. The molecule has 2 aliphatic heterocycles. The molecular weight excluding hydrogens is 342 g/mol. The molecule has 1 amide bonds. The van der Waals surface area contributed by atoms with Crippen molar-refractivity contribution in [2.45, 2.75) is 19.9 Å². The van der Waals surface area contributed by atoms with Gasteiger partial charge in [0.15, 0.2) is 17.5 Å². The Morgan fingerprint density at radius 2 is 1.85 bits per heavy atom. The van der Waals surface area contributed by atoms with E-state index in [4.69, 9.17) is 9.47 Å². The lowest BCUT2D eigenvalue weighted by Crippen LogP contribution is -3.19. The first kappa shape index (κ1) is 17.7. The summed E-state index contributed by atoms with van der Waals surface area (Å²) >= 11 is 0. The highest BCUT2D eigenvalue weighted by molar-refractivity contribution is 5.94. The summed E-state index contributed by atoms with van der Waals surface area (Å²) in [6.45, 7) is 8.20. The lowest BCUT2D eigenvalue weighted by Gasteiger charge is -2.36. The van der Waals surface area contributed by atoms with Crippen molar-refractivity contribution in [2.24, 2.45) is 0 Å². The molecule has 1 saturated heterocycles. The quantitative estimate of drug-likeness (QED) is 0.858. The number of fused-ring (bicyclic) bond motifs is 1. The fourth-order valence-electron chi connectivity index (χ4n) is 3.80. The Balaban J connectivity index is 1.34. The molecule has 1 atom stereocenters. The van der Waals surface area contributed by atoms with Gasteiger partial charge in [-0.25, -0.2) is 0 Å². The summed E-state index contributed by atoms with van der Waals surface area (Å²) in [4.78, 5) is 16.4. The number of benzene rings is 2. The number of hydrogen-bond acceptors (Lipinski definition) is 4. The van der Waals surface area contributed by atoms with Gasteiger partial charge in [0, 0.05) is 17.4 Å². The average Bonchev–Trinajstić information content (AvgIpc) is 3.16. The Morgan fingerprint density at radius 1 is 1.11 bits per heavy atom. The van der Waals surface area contributed by atoms with E-state index in [1.165, 1.54) is 16.2 Å². The number of quaternary nitrogens is 1. The zero-order chi connectivity index (χ0) is 18.8. The van der Waals surface area contributed by atoms with Crippen molar-refractivity contribution in [3.8, 4) is 11.5 Å². The fourth-order valence-corrected chi connectivity index (χ4v) is 3.80. The molecule has 2 heterocycles. The smallest absolute Gasteiger partial charge is 0.282 e. The maximum Gasteiger partial charge on any atom is 0.282 e. The molecule has 2 aromatic carbocycles.